The summed E-state index contributed by atoms with van der Waals surface area (Å²) in [5.74, 6) is 2.33. The predicted molar refractivity (Wildman–Crippen MR) is 106 cm³/mol. The first kappa shape index (κ1) is 17.9. The molecule has 27 heavy (non-hydrogen) atoms. The Hall–Kier alpha value is -2.45. The van der Waals surface area contributed by atoms with Crippen LogP contribution >= 0.6 is 23.1 Å². The van der Waals surface area contributed by atoms with Gasteiger partial charge in [-0.2, -0.15) is 11.8 Å². The molecule has 1 aliphatic heterocycles. The molecule has 0 aliphatic carbocycles. The molecule has 1 N–H and O–H groups in total. The number of hydrogen-bond acceptors (Lipinski definition) is 7. The lowest BCUT2D eigenvalue weighted by atomic mass is 9.95. The highest BCUT2D eigenvalue weighted by atomic mass is 32.2. The molecule has 1 aliphatic rings. The molecular weight excluding hydrogens is 382 g/mol. The largest absolute Gasteiger partial charge is 0.463 e. The first-order valence-electron chi connectivity index (χ1n) is 8.60. The lowest BCUT2D eigenvalue weighted by Crippen LogP contribution is -2.19. The van der Waals surface area contributed by atoms with Crippen molar-refractivity contribution in [1.82, 2.24) is 9.97 Å². The molecule has 4 heterocycles. The van der Waals surface area contributed by atoms with Gasteiger partial charge in [0, 0.05) is 23.9 Å². The highest BCUT2D eigenvalue weighted by Crippen LogP contribution is 2.36. The number of thiazole rings is 1. The normalized spacial score (nSPS) is 14.8. The summed E-state index contributed by atoms with van der Waals surface area (Å²) in [5, 5.41) is 3.17. The average Bonchev–Trinajstić information content (AvgIpc) is 3.38. The van der Waals surface area contributed by atoms with Crippen molar-refractivity contribution in [3.8, 4) is 11.5 Å². The Morgan fingerprint density at radius 2 is 1.93 bits per heavy atom. The van der Waals surface area contributed by atoms with E-state index in [0.717, 1.165) is 24.3 Å². The van der Waals surface area contributed by atoms with Crippen molar-refractivity contribution in [3.05, 3.63) is 53.4 Å². The zero-order valence-corrected chi connectivity index (χ0v) is 16.0. The minimum atomic E-state index is -0.287. The average molecular weight is 399 g/mol. The van der Waals surface area contributed by atoms with Gasteiger partial charge in [0.15, 0.2) is 16.7 Å². The highest BCUT2D eigenvalue weighted by Gasteiger charge is 2.29. The van der Waals surface area contributed by atoms with Gasteiger partial charge in [-0.25, -0.2) is 4.98 Å². The van der Waals surface area contributed by atoms with E-state index < -0.39 is 0 Å². The van der Waals surface area contributed by atoms with Crippen LogP contribution in [0.4, 0.5) is 5.13 Å². The molecule has 0 unspecified atom stereocenters. The molecule has 0 saturated carbocycles. The fourth-order valence-corrected chi connectivity index (χ4v) is 5.03. The van der Waals surface area contributed by atoms with E-state index in [4.69, 9.17) is 4.42 Å². The van der Waals surface area contributed by atoms with Crippen LogP contribution in [0, 0.1) is 5.92 Å². The maximum atomic E-state index is 13.1. The molecule has 6 nitrogen and oxygen atoms in total. The molecule has 0 aromatic carbocycles. The van der Waals surface area contributed by atoms with E-state index in [-0.39, 0.29) is 17.6 Å². The van der Waals surface area contributed by atoms with Gasteiger partial charge in [0.25, 0.3) is 5.91 Å². The van der Waals surface area contributed by atoms with E-state index in [1.54, 1.807) is 42.9 Å². The second-order valence-electron chi connectivity index (χ2n) is 6.11. The Morgan fingerprint density at radius 1 is 1.15 bits per heavy atom. The van der Waals surface area contributed by atoms with Gasteiger partial charge < -0.3 is 4.42 Å². The van der Waals surface area contributed by atoms with Crippen molar-refractivity contribution >= 4 is 39.9 Å². The summed E-state index contributed by atoms with van der Waals surface area (Å²) in [5.41, 5.74) is 0.982. The third kappa shape index (κ3) is 3.96. The summed E-state index contributed by atoms with van der Waals surface area (Å²) in [6.45, 7) is 0. The summed E-state index contributed by atoms with van der Waals surface area (Å²) < 4.78 is 5.47. The monoisotopic (exact) mass is 399 g/mol. The van der Waals surface area contributed by atoms with E-state index >= 15 is 0 Å². The zero-order valence-electron chi connectivity index (χ0n) is 14.4. The predicted octanol–water partition coefficient (Wildman–Crippen LogP) is 4.38. The number of nitrogens with zero attached hydrogens (tertiary/aromatic N) is 2. The van der Waals surface area contributed by atoms with Crippen molar-refractivity contribution in [2.75, 3.05) is 16.8 Å². The second-order valence-corrected chi connectivity index (χ2v) is 8.34. The van der Waals surface area contributed by atoms with Gasteiger partial charge in [-0.3, -0.25) is 19.9 Å². The Labute approximate surface area is 164 Å². The van der Waals surface area contributed by atoms with Crippen molar-refractivity contribution in [3.63, 3.8) is 0 Å². The molecule has 0 atom stereocenters. The molecule has 138 valence electrons. The topological polar surface area (TPSA) is 85.1 Å². The third-order valence-electron chi connectivity index (χ3n) is 4.36. The van der Waals surface area contributed by atoms with E-state index in [2.05, 4.69) is 15.3 Å². The van der Waals surface area contributed by atoms with Crippen LogP contribution in [0.15, 0.2) is 47.3 Å². The quantitative estimate of drug-likeness (QED) is 0.641. The Balaban J connectivity index is 1.63. The number of anilines is 1. The Kier molecular flexibility index (Phi) is 5.35. The van der Waals surface area contributed by atoms with Gasteiger partial charge in [-0.05, 0) is 48.6 Å². The molecule has 3 aromatic heterocycles. The summed E-state index contributed by atoms with van der Waals surface area (Å²) in [6, 6.07) is 6.79. The fraction of sp³-hybridized carbons (Fsp3) is 0.263. The number of hydrogen-bond donors (Lipinski definition) is 1. The number of amides is 1. The van der Waals surface area contributed by atoms with Crippen molar-refractivity contribution in [2.45, 2.75) is 12.8 Å². The maximum absolute atomic E-state index is 13.1. The molecule has 8 heteroatoms. The van der Waals surface area contributed by atoms with Gasteiger partial charge in [0.05, 0.1) is 6.26 Å². The van der Waals surface area contributed by atoms with Crippen LogP contribution < -0.4 is 5.32 Å². The SMILES string of the molecule is O=C(Nc1nc(-c2ccco2)c(C(=O)C2CCSCC2)s1)c1ccncc1. The van der Waals surface area contributed by atoms with Gasteiger partial charge in [-0.1, -0.05) is 11.3 Å². The van der Waals surface area contributed by atoms with Crippen LogP contribution in [0.5, 0.6) is 0 Å². The minimum Gasteiger partial charge on any atom is -0.463 e. The van der Waals surface area contributed by atoms with E-state index in [1.165, 1.54) is 11.3 Å². The molecule has 0 bridgehead atoms. The molecule has 1 fully saturated rings. The van der Waals surface area contributed by atoms with Crippen LogP contribution in [0.3, 0.4) is 0 Å². The molecule has 0 radical (unpaired) electrons. The number of Topliss-reactive ketones (excluding diaryl/α,β-unsaturated/α-hetero) is 1. The third-order valence-corrected chi connectivity index (χ3v) is 6.39. The van der Waals surface area contributed by atoms with Crippen LogP contribution in [0.2, 0.25) is 0 Å². The smallest absolute Gasteiger partial charge is 0.257 e. The number of carbonyl (C=O) groups excluding carboxylic acids is 2. The maximum Gasteiger partial charge on any atom is 0.257 e. The van der Waals surface area contributed by atoms with Gasteiger partial charge in [0.2, 0.25) is 0 Å². The molecule has 0 spiro atoms. The number of ketones is 1. The summed E-state index contributed by atoms with van der Waals surface area (Å²) >= 11 is 3.09. The first-order chi connectivity index (χ1) is 13.2. The second kappa shape index (κ2) is 8.06. The number of nitrogens with one attached hydrogen (secondary N) is 1. The van der Waals surface area contributed by atoms with Crippen LogP contribution in [-0.2, 0) is 0 Å². The molecule has 4 rings (SSSR count). The number of rotatable bonds is 5. The summed E-state index contributed by atoms with van der Waals surface area (Å²) in [7, 11) is 0. The molecule has 1 saturated heterocycles. The van der Waals surface area contributed by atoms with Gasteiger partial charge in [-0.15, -0.1) is 0 Å². The Bertz CT molecular complexity index is 933. The molecular formula is C19H17N3O3S2. The summed E-state index contributed by atoms with van der Waals surface area (Å²) in [4.78, 5) is 34.4. The minimum absolute atomic E-state index is 0.00385. The standard InChI is InChI=1S/C19H17N3O3S2/c23-16(12-5-10-26-11-6-12)17-15(14-2-1-9-25-14)21-19(27-17)22-18(24)13-3-7-20-8-4-13/h1-4,7-9,12H,5-6,10-11H2,(H,21,22,24). The van der Waals surface area contributed by atoms with Crippen molar-refractivity contribution in [1.29, 1.82) is 0 Å². The molecule has 1 amide bonds. The summed E-state index contributed by atoms with van der Waals surface area (Å²) in [6.07, 6.45) is 6.41. The van der Waals surface area contributed by atoms with Crippen molar-refractivity contribution in [2.24, 2.45) is 5.92 Å². The lowest BCUT2D eigenvalue weighted by molar-refractivity contribution is 0.0917. The van der Waals surface area contributed by atoms with E-state index in [0.29, 0.717) is 27.0 Å². The number of thioether (sulfide) groups is 1. The fourth-order valence-electron chi connectivity index (χ4n) is 2.94. The van der Waals surface area contributed by atoms with Gasteiger partial charge in [0.1, 0.15) is 10.6 Å². The number of furan rings is 1. The van der Waals surface area contributed by atoms with Crippen LogP contribution in [-0.4, -0.2) is 33.2 Å². The Morgan fingerprint density at radius 3 is 2.63 bits per heavy atom. The number of aromatic nitrogens is 2. The lowest BCUT2D eigenvalue weighted by Gasteiger charge is -2.19. The first-order valence-corrected chi connectivity index (χ1v) is 10.6. The molecule has 3 aromatic rings. The highest BCUT2D eigenvalue weighted by molar-refractivity contribution is 7.99. The van der Waals surface area contributed by atoms with Crippen LogP contribution in [0.25, 0.3) is 11.5 Å². The zero-order chi connectivity index (χ0) is 18.6. The van der Waals surface area contributed by atoms with Crippen molar-refractivity contribution < 1.29 is 14.0 Å². The number of pyridine rings is 1. The van der Waals surface area contributed by atoms with E-state index in [1.807, 2.05) is 11.8 Å². The van der Waals surface area contributed by atoms with E-state index in [9.17, 15) is 9.59 Å². The number of carbonyl (C=O) groups is 2. The van der Waals surface area contributed by atoms with Gasteiger partial charge >= 0.3 is 0 Å². The van der Waals surface area contributed by atoms with Crippen LogP contribution in [0.1, 0.15) is 32.9 Å².